The van der Waals surface area contributed by atoms with E-state index in [0.717, 1.165) is 24.0 Å². The lowest BCUT2D eigenvalue weighted by atomic mass is 9.93. The Morgan fingerprint density at radius 3 is 2.28 bits per heavy atom. The Labute approximate surface area is 176 Å². The van der Waals surface area contributed by atoms with Gasteiger partial charge in [0.15, 0.2) is 0 Å². The number of nitrogens with zero attached hydrogens (tertiary/aromatic N) is 2. The first-order valence-corrected chi connectivity index (χ1v) is 9.25. The van der Waals surface area contributed by atoms with Gasteiger partial charge in [0.1, 0.15) is 11.5 Å². The van der Waals surface area contributed by atoms with Crippen molar-refractivity contribution in [3.05, 3.63) is 53.9 Å². The second-order valence-electron chi connectivity index (χ2n) is 6.94. The highest BCUT2D eigenvalue weighted by molar-refractivity contribution is 5.95. The first-order chi connectivity index (χ1) is 13.5. The number of carbonyl (C=O) groups excluding carboxylic acids is 2. The van der Waals surface area contributed by atoms with Crippen LogP contribution in [0, 0.1) is 11.3 Å². The van der Waals surface area contributed by atoms with Crippen LogP contribution in [0.25, 0.3) is 11.1 Å². The zero-order valence-electron chi connectivity index (χ0n) is 16.3. The highest BCUT2D eigenvalue weighted by atomic mass is 35.5. The quantitative estimate of drug-likeness (QED) is 0.442. The van der Waals surface area contributed by atoms with Crippen molar-refractivity contribution < 1.29 is 14.3 Å². The van der Waals surface area contributed by atoms with Gasteiger partial charge in [-0.1, -0.05) is 30.3 Å². The van der Waals surface area contributed by atoms with Gasteiger partial charge >= 0.3 is 5.97 Å². The van der Waals surface area contributed by atoms with E-state index in [1.807, 2.05) is 18.2 Å². The Balaban J connectivity index is 0.00000300. The first kappa shape index (κ1) is 22.4. The number of hydrogen-bond donors (Lipinski definition) is 2. The highest BCUT2D eigenvalue weighted by Crippen LogP contribution is 2.23. The second-order valence-corrected chi connectivity index (χ2v) is 6.94. The summed E-state index contributed by atoms with van der Waals surface area (Å²) >= 11 is 0. The van der Waals surface area contributed by atoms with Crippen LogP contribution in [-0.2, 0) is 9.53 Å². The van der Waals surface area contributed by atoms with Crippen LogP contribution in [0.3, 0.4) is 0 Å². The standard InChI is InChI=1S/C21H24N4O3.ClH/c1-28-19(26)12-14-8-10-25(11-9-14)21(27)18-7-6-17(13-24-18)15-2-4-16(5-3-15)20(22)23;/h2-7,13-14H,8-12H2,1H3,(H3,22,23);1H. The van der Waals surface area contributed by atoms with Crippen LogP contribution in [0.1, 0.15) is 35.3 Å². The minimum atomic E-state index is -0.196. The molecule has 0 bridgehead atoms. The Morgan fingerprint density at radius 2 is 1.76 bits per heavy atom. The number of halogens is 1. The number of rotatable bonds is 5. The summed E-state index contributed by atoms with van der Waals surface area (Å²) in [5.74, 6) is 0.0131. The fourth-order valence-electron chi connectivity index (χ4n) is 3.35. The molecule has 2 heterocycles. The number of benzene rings is 1. The van der Waals surface area contributed by atoms with Crippen molar-refractivity contribution in [1.29, 1.82) is 5.41 Å². The number of esters is 1. The number of methoxy groups -OCH3 is 1. The third kappa shape index (κ3) is 5.54. The van der Waals surface area contributed by atoms with E-state index >= 15 is 0 Å². The Bertz CT molecular complexity index is 860. The van der Waals surface area contributed by atoms with Crippen LogP contribution >= 0.6 is 12.4 Å². The van der Waals surface area contributed by atoms with Gasteiger partial charge in [-0.05, 0) is 30.4 Å². The number of hydrogen-bond acceptors (Lipinski definition) is 5. The summed E-state index contributed by atoms with van der Waals surface area (Å²) in [7, 11) is 1.40. The van der Waals surface area contributed by atoms with Crippen LogP contribution in [0.15, 0.2) is 42.6 Å². The van der Waals surface area contributed by atoms with Crippen molar-refractivity contribution in [1.82, 2.24) is 9.88 Å². The number of pyridine rings is 1. The molecule has 29 heavy (non-hydrogen) atoms. The average molecular weight is 417 g/mol. The summed E-state index contributed by atoms with van der Waals surface area (Å²) in [5, 5.41) is 7.44. The van der Waals surface area contributed by atoms with Gasteiger partial charge in [0.25, 0.3) is 5.91 Å². The topological polar surface area (TPSA) is 109 Å². The number of likely N-dealkylation sites (tertiary alicyclic amines) is 1. The maximum absolute atomic E-state index is 12.7. The number of piperidine rings is 1. The number of nitrogen functional groups attached to an aromatic ring is 1. The molecule has 8 heteroatoms. The first-order valence-electron chi connectivity index (χ1n) is 9.25. The fourth-order valence-corrected chi connectivity index (χ4v) is 3.35. The molecule has 3 rings (SSSR count). The molecule has 2 aromatic rings. The van der Waals surface area contributed by atoms with Gasteiger partial charge in [0, 0.05) is 36.8 Å². The molecule has 1 aromatic carbocycles. The van der Waals surface area contributed by atoms with E-state index in [1.54, 1.807) is 29.3 Å². The third-order valence-corrected chi connectivity index (χ3v) is 5.10. The van der Waals surface area contributed by atoms with Crippen molar-refractivity contribution >= 4 is 30.1 Å². The molecule has 0 atom stereocenters. The zero-order valence-corrected chi connectivity index (χ0v) is 17.1. The Kier molecular flexibility index (Phi) is 7.73. The molecule has 1 amide bonds. The number of carbonyl (C=O) groups is 2. The molecule has 1 fully saturated rings. The average Bonchev–Trinajstić information content (AvgIpc) is 2.74. The van der Waals surface area contributed by atoms with Gasteiger partial charge in [-0.25, -0.2) is 0 Å². The molecule has 154 valence electrons. The van der Waals surface area contributed by atoms with E-state index in [2.05, 4.69) is 4.98 Å². The van der Waals surface area contributed by atoms with Gasteiger partial charge in [0.2, 0.25) is 0 Å². The Hall–Kier alpha value is -2.93. The van der Waals surface area contributed by atoms with E-state index in [1.165, 1.54) is 7.11 Å². The van der Waals surface area contributed by atoms with Gasteiger partial charge in [-0.3, -0.25) is 20.0 Å². The molecule has 0 unspecified atom stereocenters. The van der Waals surface area contributed by atoms with Crippen LogP contribution < -0.4 is 5.73 Å². The van der Waals surface area contributed by atoms with E-state index in [-0.39, 0.29) is 36.0 Å². The number of amidine groups is 1. The van der Waals surface area contributed by atoms with Crippen molar-refractivity contribution in [3.63, 3.8) is 0 Å². The van der Waals surface area contributed by atoms with Gasteiger partial charge < -0.3 is 15.4 Å². The van der Waals surface area contributed by atoms with Gasteiger partial charge in [-0.2, -0.15) is 0 Å². The Morgan fingerprint density at radius 1 is 1.14 bits per heavy atom. The minimum Gasteiger partial charge on any atom is -0.469 e. The molecule has 1 aliphatic heterocycles. The van der Waals surface area contributed by atoms with E-state index in [4.69, 9.17) is 15.9 Å². The van der Waals surface area contributed by atoms with Crippen molar-refractivity contribution in [2.24, 2.45) is 11.7 Å². The molecular weight excluding hydrogens is 392 g/mol. The highest BCUT2D eigenvalue weighted by Gasteiger charge is 2.25. The predicted molar refractivity (Wildman–Crippen MR) is 113 cm³/mol. The molecule has 0 spiro atoms. The zero-order chi connectivity index (χ0) is 20.1. The molecule has 0 aliphatic carbocycles. The lowest BCUT2D eigenvalue weighted by Gasteiger charge is -2.31. The number of ether oxygens (including phenoxy) is 1. The molecule has 0 radical (unpaired) electrons. The SMILES string of the molecule is COC(=O)CC1CCN(C(=O)c2ccc(-c3ccc(C(=N)N)cc3)cn2)CC1.Cl. The lowest BCUT2D eigenvalue weighted by molar-refractivity contribution is -0.142. The van der Waals surface area contributed by atoms with Gasteiger partial charge in [0.05, 0.1) is 7.11 Å². The maximum atomic E-state index is 12.7. The van der Waals surface area contributed by atoms with Crippen molar-refractivity contribution in [2.45, 2.75) is 19.3 Å². The fraction of sp³-hybridized carbons (Fsp3) is 0.333. The summed E-state index contributed by atoms with van der Waals surface area (Å²) < 4.78 is 4.72. The number of aromatic nitrogens is 1. The molecule has 0 saturated carbocycles. The van der Waals surface area contributed by atoms with Gasteiger partial charge in [-0.15, -0.1) is 12.4 Å². The molecule has 1 aromatic heterocycles. The number of nitrogens with two attached hydrogens (primary N) is 1. The van der Waals surface area contributed by atoms with Crippen molar-refractivity contribution in [2.75, 3.05) is 20.2 Å². The molecule has 1 saturated heterocycles. The van der Waals surface area contributed by atoms with E-state index < -0.39 is 0 Å². The molecule has 1 aliphatic rings. The number of amides is 1. The smallest absolute Gasteiger partial charge is 0.305 e. The second kappa shape index (κ2) is 10.0. The van der Waals surface area contributed by atoms with Crippen LogP contribution in [0.2, 0.25) is 0 Å². The van der Waals surface area contributed by atoms with Crippen LogP contribution in [0.5, 0.6) is 0 Å². The largest absolute Gasteiger partial charge is 0.469 e. The summed E-state index contributed by atoms with van der Waals surface area (Å²) in [6, 6.07) is 10.9. The lowest BCUT2D eigenvalue weighted by Crippen LogP contribution is -2.39. The molecular formula is C21H25ClN4O3. The predicted octanol–water partition coefficient (Wildman–Crippen LogP) is 2.87. The maximum Gasteiger partial charge on any atom is 0.305 e. The third-order valence-electron chi connectivity index (χ3n) is 5.10. The molecule has 7 nitrogen and oxygen atoms in total. The van der Waals surface area contributed by atoms with E-state index in [9.17, 15) is 9.59 Å². The summed E-state index contributed by atoms with van der Waals surface area (Å²) in [6.45, 7) is 1.24. The molecule has 3 N–H and O–H groups in total. The van der Waals surface area contributed by atoms with Crippen LogP contribution in [0.4, 0.5) is 0 Å². The minimum absolute atomic E-state index is 0. The van der Waals surface area contributed by atoms with Crippen molar-refractivity contribution in [3.8, 4) is 11.1 Å². The van der Waals surface area contributed by atoms with Crippen LogP contribution in [-0.4, -0.2) is 47.8 Å². The monoisotopic (exact) mass is 416 g/mol. The number of nitrogens with one attached hydrogen (secondary N) is 1. The summed E-state index contributed by atoms with van der Waals surface area (Å²) in [6.07, 6.45) is 3.68. The summed E-state index contributed by atoms with van der Waals surface area (Å²) in [5.41, 5.74) is 8.39. The summed E-state index contributed by atoms with van der Waals surface area (Å²) in [4.78, 5) is 30.2. The normalized spacial score (nSPS) is 14.0. The van der Waals surface area contributed by atoms with E-state index in [0.29, 0.717) is 30.8 Å².